The number of aliphatic imine (C=N–C) groups is 1. The second-order valence-corrected chi connectivity index (χ2v) is 9.03. The van der Waals surface area contributed by atoms with Gasteiger partial charge < -0.3 is 20.1 Å². The molecule has 0 saturated carbocycles. The van der Waals surface area contributed by atoms with E-state index in [1.54, 1.807) is 0 Å². The van der Waals surface area contributed by atoms with Crippen molar-refractivity contribution < 1.29 is 9.47 Å². The van der Waals surface area contributed by atoms with Gasteiger partial charge in [0.1, 0.15) is 0 Å². The van der Waals surface area contributed by atoms with E-state index in [4.69, 9.17) is 14.5 Å². The Morgan fingerprint density at radius 2 is 2.10 bits per heavy atom. The molecule has 1 aromatic carbocycles. The Balaban J connectivity index is 1.43. The van der Waals surface area contributed by atoms with Crippen LogP contribution in [0.4, 0.5) is 0 Å². The second-order valence-electron chi connectivity index (χ2n) is 9.03. The van der Waals surface area contributed by atoms with Gasteiger partial charge in [-0.1, -0.05) is 31.2 Å². The van der Waals surface area contributed by atoms with Gasteiger partial charge in [-0.05, 0) is 56.2 Å². The molecule has 0 spiro atoms. The summed E-state index contributed by atoms with van der Waals surface area (Å²) in [7, 11) is 0. The number of hydrogen-bond donors (Lipinski definition) is 2. The maximum absolute atomic E-state index is 5.80. The van der Waals surface area contributed by atoms with Crippen molar-refractivity contribution >= 4 is 5.96 Å². The van der Waals surface area contributed by atoms with Crippen LogP contribution in [-0.2, 0) is 22.6 Å². The number of piperidine rings is 1. The van der Waals surface area contributed by atoms with Crippen molar-refractivity contribution in [3.8, 4) is 0 Å². The van der Waals surface area contributed by atoms with Crippen LogP contribution in [0.15, 0.2) is 29.3 Å². The van der Waals surface area contributed by atoms with Gasteiger partial charge in [0.2, 0.25) is 0 Å². The lowest BCUT2D eigenvalue weighted by Crippen LogP contribution is -2.38. The van der Waals surface area contributed by atoms with Crippen LogP contribution in [0.25, 0.3) is 0 Å². The van der Waals surface area contributed by atoms with Crippen LogP contribution in [-0.4, -0.2) is 63.5 Å². The molecule has 2 aliphatic heterocycles. The predicted octanol–water partition coefficient (Wildman–Crippen LogP) is 3.42. The third-order valence-electron chi connectivity index (χ3n) is 6.14. The summed E-state index contributed by atoms with van der Waals surface area (Å²) in [6.07, 6.45) is 4.78. The van der Waals surface area contributed by atoms with E-state index in [0.29, 0.717) is 12.5 Å². The predicted molar refractivity (Wildman–Crippen MR) is 127 cm³/mol. The standard InChI is InChI=1S/C25H42N4O2/c1-3-26-25(27-12-7-14-30-19-22-11-15-31-20-22)28-16-23-9-4-5-10-24(23)18-29-13-6-8-21(2)17-29/h4-5,9-10,21-22H,3,6-8,11-20H2,1-2H3,(H2,26,27,28). The molecule has 0 aliphatic carbocycles. The number of nitrogens with one attached hydrogen (secondary N) is 2. The van der Waals surface area contributed by atoms with Gasteiger partial charge in [0.25, 0.3) is 0 Å². The molecule has 6 heteroatoms. The van der Waals surface area contributed by atoms with Gasteiger partial charge in [-0.3, -0.25) is 4.90 Å². The van der Waals surface area contributed by atoms with Crippen LogP contribution >= 0.6 is 0 Å². The van der Waals surface area contributed by atoms with E-state index in [9.17, 15) is 0 Å². The molecule has 3 rings (SSSR count). The lowest BCUT2D eigenvalue weighted by atomic mass is 9.99. The zero-order valence-electron chi connectivity index (χ0n) is 19.6. The molecule has 0 aromatic heterocycles. The van der Waals surface area contributed by atoms with Crippen LogP contribution in [0.3, 0.4) is 0 Å². The quantitative estimate of drug-likeness (QED) is 0.320. The van der Waals surface area contributed by atoms with E-state index in [1.807, 2.05) is 0 Å². The Labute approximate surface area is 188 Å². The molecule has 2 heterocycles. The summed E-state index contributed by atoms with van der Waals surface area (Å²) in [6.45, 7) is 13.7. The first-order valence-corrected chi connectivity index (χ1v) is 12.2. The van der Waals surface area contributed by atoms with E-state index >= 15 is 0 Å². The first kappa shape index (κ1) is 24.0. The summed E-state index contributed by atoms with van der Waals surface area (Å²) in [4.78, 5) is 7.45. The summed E-state index contributed by atoms with van der Waals surface area (Å²) in [5.41, 5.74) is 2.72. The van der Waals surface area contributed by atoms with E-state index in [2.05, 4.69) is 53.6 Å². The minimum Gasteiger partial charge on any atom is -0.381 e. The topological polar surface area (TPSA) is 58.1 Å². The smallest absolute Gasteiger partial charge is 0.191 e. The first-order chi connectivity index (χ1) is 15.2. The normalized spacial score (nSPS) is 22.6. The minimum atomic E-state index is 0.583. The fourth-order valence-corrected chi connectivity index (χ4v) is 4.39. The van der Waals surface area contributed by atoms with Crippen molar-refractivity contribution in [3.63, 3.8) is 0 Å². The summed E-state index contributed by atoms with van der Waals surface area (Å²) in [6, 6.07) is 8.75. The average molecular weight is 431 g/mol. The molecule has 174 valence electrons. The number of rotatable bonds is 11. The fraction of sp³-hybridized carbons (Fsp3) is 0.720. The van der Waals surface area contributed by atoms with Crippen molar-refractivity contribution in [1.29, 1.82) is 0 Å². The Morgan fingerprint density at radius 3 is 2.87 bits per heavy atom. The van der Waals surface area contributed by atoms with E-state index in [0.717, 1.165) is 70.8 Å². The van der Waals surface area contributed by atoms with Gasteiger partial charge >= 0.3 is 0 Å². The Hall–Kier alpha value is -1.63. The van der Waals surface area contributed by atoms with Crippen LogP contribution in [0.2, 0.25) is 0 Å². The molecule has 0 bridgehead atoms. The summed E-state index contributed by atoms with van der Waals surface area (Å²) >= 11 is 0. The van der Waals surface area contributed by atoms with Crippen molar-refractivity contribution in [2.45, 2.75) is 52.6 Å². The summed E-state index contributed by atoms with van der Waals surface area (Å²) < 4.78 is 11.2. The zero-order chi connectivity index (χ0) is 21.7. The monoisotopic (exact) mass is 430 g/mol. The third kappa shape index (κ3) is 8.79. The van der Waals surface area contributed by atoms with Gasteiger partial charge in [0.15, 0.2) is 5.96 Å². The molecule has 0 amide bonds. The average Bonchev–Trinajstić information content (AvgIpc) is 3.29. The van der Waals surface area contributed by atoms with Gasteiger partial charge in [0, 0.05) is 45.3 Å². The highest BCUT2D eigenvalue weighted by Crippen LogP contribution is 2.20. The van der Waals surface area contributed by atoms with Crippen LogP contribution < -0.4 is 10.6 Å². The number of ether oxygens (including phenoxy) is 2. The van der Waals surface area contributed by atoms with Crippen LogP contribution in [0.1, 0.15) is 50.7 Å². The molecule has 2 fully saturated rings. The number of benzene rings is 1. The first-order valence-electron chi connectivity index (χ1n) is 12.2. The molecular weight excluding hydrogens is 388 g/mol. The van der Waals surface area contributed by atoms with Gasteiger partial charge in [0.05, 0.1) is 19.8 Å². The SMILES string of the molecule is CCNC(=NCc1ccccc1CN1CCCC(C)C1)NCCCOCC1CCOC1. The van der Waals surface area contributed by atoms with Crippen molar-refractivity contribution in [2.24, 2.45) is 16.8 Å². The summed E-state index contributed by atoms with van der Waals surface area (Å²) in [5, 5.41) is 6.82. The van der Waals surface area contributed by atoms with E-state index in [1.165, 1.54) is 37.1 Å². The van der Waals surface area contributed by atoms with Crippen molar-refractivity contribution in [2.75, 3.05) is 52.6 Å². The molecular formula is C25H42N4O2. The summed E-state index contributed by atoms with van der Waals surface area (Å²) in [5.74, 6) is 2.27. The van der Waals surface area contributed by atoms with Gasteiger partial charge in [-0.25, -0.2) is 4.99 Å². The molecule has 2 atom stereocenters. The number of hydrogen-bond acceptors (Lipinski definition) is 4. The molecule has 6 nitrogen and oxygen atoms in total. The maximum Gasteiger partial charge on any atom is 0.191 e. The Kier molecular flexibility index (Phi) is 10.6. The lowest BCUT2D eigenvalue weighted by molar-refractivity contribution is 0.0888. The molecule has 31 heavy (non-hydrogen) atoms. The molecule has 1 aromatic rings. The Bertz CT molecular complexity index is 661. The molecule has 0 radical (unpaired) electrons. The molecule has 2 saturated heterocycles. The number of nitrogens with zero attached hydrogens (tertiary/aromatic N) is 2. The highest BCUT2D eigenvalue weighted by Gasteiger charge is 2.17. The zero-order valence-corrected chi connectivity index (χ0v) is 19.6. The maximum atomic E-state index is 5.80. The molecule has 2 aliphatic rings. The van der Waals surface area contributed by atoms with Crippen LogP contribution in [0.5, 0.6) is 0 Å². The van der Waals surface area contributed by atoms with Gasteiger partial charge in [-0.15, -0.1) is 0 Å². The molecule has 2 unspecified atom stereocenters. The molecule has 2 N–H and O–H groups in total. The van der Waals surface area contributed by atoms with Gasteiger partial charge in [-0.2, -0.15) is 0 Å². The Morgan fingerprint density at radius 1 is 1.23 bits per heavy atom. The third-order valence-corrected chi connectivity index (χ3v) is 6.14. The highest BCUT2D eigenvalue weighted by molar-refractivity contribution is 5.79. The van der Waals surface area contributed by atoms with Crippen LogP contribution in [0, 0.1) is 11.8 Å². The second kappa shape index (κ2) is 13.7. The number of guanidine groups is 1. The largest absolute Gasteiger partial charge is 0.381 e. The lowest BCUT2D eigenvalue weighted by Gasteiger charge is -2.31. The highest BCUT2D eigenvalue weighted by atomic mass is 16.5. The van der Waals surface area contributed by atoms with E-state index < -0.39 is 0 Å². The fourth-order valence-electron chi connectivity index (χ4n) is 4.39. The van der Waals surface area contributed by atoms with Crippen molar-refractivity contribution in [3.05, 3.63) is 35.4 Å². The van der Waals surface area contributed by atoms with E-state index in [-0.39, 0.29) is 0 Å². The minimum absolute atomic E-state index is 0.583. The van der Waals surface area contributed by atoms with Crippen molar-refractivity contribution in [1.82, 2.24) is 15.5 Å². The number of likely N-dealkylation sites (tertiary alicyclic amines) is 1.